The van der Waals surface area contributed by atoms with E-state index in [0.29, 0.717) is 0 Å². The number of nitrogens with zero attached hydrogens (tertiary/aromatic N) is 3. The standard InChI is InChI=1S/C16H21N5O/c1-11(18-16(22)12-7-8-13(17)9-12)15-10-21(20-19-15)14-5-3-2-4-6-14/h2-6,10-13H,7-9,17H2,1H3,(H,18,22). The smallest absolute Gasteiger partial charge is 0.223 e. The Morgan fingerprint density at radius 3 is 2.82 bits per heavy atom. The van der Waals surface area contributed by atoms with E-state index in [1.165, 1.54) is 0 Å². The van der Waals surface area contributed by atoms with Crippen LogP contribution in [-0.4, -0.2) is 26.9 Å². The average Bonchev–Trinajstić information content (AvgIpc) is 3.17. The average molecular weight is 299 g/mol. The summed E-state index contributed by atoms with van der Waals surface area (Å²) in [5, 5.41) is 11.3. The normalized spacial score (nSPS) is 22.5. The number of nitrogens with two attached hydrogens (primary N) is 1. The molecular weight excluding hydrogens is 278 g/mol. The number of amides is 1. The summed E-state index contributed by atoms with van der Waals surface area (Å²) in [4.78, 5) is 12.2. The highest BCUT2D eigenvalue weighted by molar-refractivity contribution is 5.79. The first-order chi connectivity index (χ1) is 10.6. The van der Waals surface area contributed by atoms with E-state index in [9.17, 15) is 4.79 Å². The van der Waals surface area contributed by atoms with E-state index >= 15 is 0 Å². The topological polar surface area (TPSA) is 85.8 Å². The van der Waals surface area contributed by atoms with Gasteiger partial charge in [0.1, 0.15) is 5.69 Å². The first-order valence-electron chi connectivity index (χ1n) is 7.67. The third-order valence-electron chi connectivity index (χ3n) is 4.18. The fourth-order valence-corrected chi connectivity index (χ4v) is 2.84. The zero-order valence-corrected chi connectivity index (χ0v) is 12.6. The molecular formula is C16H21N5O. The van der Waals surface area contributed by atoms with Crippen LogP contribution >= 0.6 is 0 Å². The molecule has 0 bridgehead atoms. The largest absolute Gasteiger partial charge is 0.348 e. The molecule has 3 N–H and O–H groups in total. The second-order valence-corrected chi connectivity index (χ2v) is 5.92. The number of carbonyl (C=O) groups is 1. The van der Waals surface area contributed by atoms with Gasteiger partial charge in [-0.3, -0.25) is 4.79 Å². The number of rotatable bonds is 4. The Hall–Kier alpha value is -2.21. The van der Waals surface area contributed by atoms with Crippen LogP contribution in [0.15, 0.2) is 36.5 Å². The van der Waals surface area contributed by atoms with Crippen LogP contribution in [0.4, 0.5) is 0 Å². The third-order valence-corrected chi connectivity index (χ3v) is 4.18. The Labute approximate surface area is 129 Å². The van der Waals surface area contributed by atoms with Crippen molar-refractivity contribution in [3.63, 3.8) is 0 Å². The second kappa shape index (κ2) is 6.27. The molecule has 0 aliphatic heterocycles. The first-order valence-corrected chi connectivity index (χ1v) is 7.67. The van der Waals surface area contributed by atoms with Crippen LogP contribution in [0.25, 0.3) is 5.69 Å². The van der Waals surface area contributed by atoms with Crippen LogP contribution < -0.4 is 11.1 Å². The maximum Gasteiger partial charge on any atom is 0.223 e. The highest BCUT2D eigenvalue weighted by Crippen LogP contribution is 2.25. The summed E-state index contributed by atoms with van der Waals surface area (Å²) in [6.07, 6.45) is 4.42. The van der Waals surface area contributed by atoms with Crippen LogP contribution in [0, 0.1) is 5.92 Å². The van der Waals surface area contributed by atoms with Gasteiger partial charge in [0.05, 0.1) is 17.9 Å². The van der Waals surface area contributed by atoms with Gasteiger partial charge in [0.15, 0.2) is 0 Å². The Morgan fingerprint density at radius 1 is 1.36 bits per heavy atom. The van der Waals surface area contributed by atoms with E-state index in [0.717, 1.165) is 30.6 Å². The van der Waals surface area contributed by atoms with Gasteiger partial charge >= 0.3 is 0 Å². The minimum atomic E-state index is -0.165. The molecule has 1 aromatic heterocycles. The minimum absolute atomic E-state index is 0.0293. The molecule has 6 nitrogen and oxygen atoms in total. The van der Waals surface area contributed by atoms with E-state index in [2.05, 4.69) is 15.6 Å². The van der Waals surface area contributed by atoms with Gasteiger partial charge in [-0.2, -0.15) is 0 Å². The molecule has 1 saturated carbocycles. The lowest BCUT2D eigenvalue weighted by atomic mass is 10.1. The molecule has 1 aliphatic rings. The molecule has 3 atom stereocenters. The summed E-state index contributed by atoms with van der Waals surface area (Å²) in [5.74, 6) is 0.0938. The number of para-hydroxylation sites is 1. The van der Waals surface area contributed by atoms with Gasteiger partial charge in [-0.15, -0.1) is 5.10 Å². The fourth-order valence-electron chi connectivity index (χ4n) is 2.84. The predicted octanol–water partition coefficient (Wildman–Crippen LogP) is 1.57. The Bertz CT molecular complexity index is 639. The van der Waals surface area contributed by atoms with Crippen LogP contribution in [-0.2, 0) is 4.79 Å². The van der Waals surface area contributed by atoms with Gasteiger partial charge in [-0.05, 0) is 38.3 Å². The molecule has 2 aromatic rings. The van der Waals surface area contributed by atoms with E-state index in [1.54, 1.807) is 4.68 Å². The SMILES string of the molecule is CC(NC(=O)C1CCC(N)C1)c1cn(-c2ccccc2)nn1. The number of hydrogen-bond acceptors (Lipinski definition) is 4. The lowest BCUT2D eigenvalue weighted by molar-refractivity contribution is -0.125. The predicted molar refractivity (Wildman–Crippen MR) is 83.2 cm³/mol. The number of benzene rings is 1. The van der Waals surface area contributed by atoms with Crippen molar-refractivity contribution >= 4 is 5.91 Å². The third kappa shape index (κ3) is 3.17. The van der Waals surface area contributed by atoms with Crippen molar-refractivity contribution in [2.45, 2.75) is 38.3 Å². The molecule has 1 heterocycles. The first kappa shape index (κ1) is 14.7. The zero-order valence-electron chi connectivity index (χ0n) is 12.6. The van der Waals surface area contributed by atoms with Gasteiger partial charge < -0.3 is 11.1 Å². The lowest BCUT2D eigenvalue weighted by Crippen LogP contribution is -2.32. The van der Waals surface area contributed by atoms with Crippen LogP contribution in [0.3, 0.4) is 0 Å². The van der Waals surface area contributed by atoms with Crippen LogP contribution in [0.1, 0.15) is 37.9 Å². The number of hydrogen-bond donors (Lipinski definition) is 2. The monoisotopic (exact) mass is 299 g/mol. The number of nitrogens with one attached hydrogen (secondary N) is 1. The van der Waals surface area contributed by atoms with Crippen molar-refractivity contribution in [2.75, 3.05) is 0 Å². The van der Waals surface area contributed by atoms with Crippen molar-refractivity contribution in [2.24, 2.45) is 11.7 Å². The van der Waals surface area contributed by atoms with Gasteiger partial charge in [0.25, 0.3) is 0 Å². The molecule has 6 heteroatoms. The molecule has 22 heavy (non-hydrogen) atoms. The molecule has 3 rings (SSSR count). The number of aromatic nitrogens is 3. The van der Waals surface area contributed by atoms with E-state index < -0.39 is 0 Å². The zero-order chi connectivity index (χ0) is 15.5. The second-order valence-electron chi connectivity index (χ2n) is 5.92. The quantitative estimate of drug-likeness (QED) is 0.897. The molecule has 1 amide bonds. The van der Waals surface area contributed by atoms with E-state index in [-0.39, 0.29) is 23.9 Å². The van der Waals surface area contributed by atoms with Gasteiger partial charge in [-0.25, -0.2) is 4.68 Å². The number of carbonyl (C=O) groups excluding carboxylic acids is 1. The fraction of sp³-hybridized carbons (Fsp3) is 0.438. The summed E-state index contributed by atoms with van der Waals surface area (Å²) in [5.41, 5.74) is 7.56. The van der Waals surface area contributed by atoms with Gasteiger partial charge in [-0.1, -0.05) is 23.4 Å². The molecule has 3 unspecified atom stereocenters. The highest BCUT2D eigenvalue weighted by Gasteiger charge is 2.28. The van der Waals surface area contributed by atoms with Gasteiger partial charge in [0, 0.05) is 12.0 Å². The summed E-state index contributed by atoms with van der Waals surface area (Å²) < 4.78 is 1.71. The summed E-state index contributed by atoms with van der Waals surface area (Å²) in [7, 11) is 0. The minimum Gasteiger partial charge on any atom is -0.348 e. The molecule has 0 radical (unpaired) electrons. The molecule has 116 valence electrons. The van der Waals surface area contributed by atoms with Crippen molar-refractivity contribution < 1.29 is 4.79 Å². The van der Waals surface area contributed by atoms with E-state index in [4.69, 9.17) is 5.73 Å². The van der Waals surface area contributed by atoms with E-state index in [1.807, 2.05) is 43.5 Å². The van der Waals surface area contributed by atoms with Gasteiger partial charge in [0.2, 0.25) is 5.91 Å². The molecule has 0 saturated heterocycles. The van der Waals surface area contributed by atoms with Crippen molar-refractivity contribution in [1.29, 1.82) is 0 Å². The molecule has 1 aromatic carbocycles. The lowest BCUT2D eigenvalue weighted by Gasteiger charge is -2.15. The van der Waals surface area contributed by atoms with Crippen LogP contribution in [0.5, 0.6) is 0 Å². The summed E-state index contributed by atoms with van der Waals surface area (Å²) >= 11 is 0. The molecule has 1 fully saturated rings. The maximum atomic E-state index is 12.2. The molecule has 0 spiro atoms. The van der Waals surface area contributed by atoms with Crippen molar-refractivity contribution in [3.8, 4) is 5.69 Å². The highest BCUT2D eigenvalue weighted by atomic mass is 16.1. The Balaban J connectivity index is 1.64. The van der Waals surface area contributed by atoms with Crippen LogP contribution in [0.2, 0.25) is 0 Å². The summed E-state index contributed by atoms with van der Waals surface area (Å²) in [6.45, 7) is 1.92. The van der Waals surface area contributed by atoms with Crippen molar-refractivity contribution in [1.82, 2.24) is 20.3 Å². The summed E-state index contributed by atoms with van der Waals surface area (Å²) in [6, 6.07) is 9.77. The molecule has 1 aliphatic carbocycles. The maximum absolute atomic E-state index is 12.2. The van der Waals surface area contributed by atoms with Crippen molar-refractivity contribution in [3.05, 3.63) is 42.2 Å². The Kier molecular flexibility index (Phi) is 4.20. The Morgan fingerprint density at radius 2 is 2.14 bits per heavy atom.